The Balaban J connectivity index is 1.44. The van der Waals surface area contributed by atoms with Crippen molar-refractivity contribution in [2.45, 2.75) is 25.9 Å². The number of hydrogen-bond donors (Lipinski definition) is 1. The molecule has 6 nitrogen and oxygen atoms in total. The van der Waals surface area contributed by atoms with Crippen LogP contribution in [-0.4, -0.2) is 41.0 Å². The largest absolute Gasteiger partial charge is 0.378 e. The highest BCUT2D eigenvalue weighted by molar-refractivity contribution is 7.80. The van der Waals surface area contributed by atoms with E-state index >= 15 is 0 Å². The van der Waals surface area contributed by atoms with Crippen molar-refractivity contribution >= 4 is 51.9 Å². The first-order chi connectivity index (χ1) is 18.9. The van der Waals surface area contributed by atoms with Gasteiger partial charge in [-0.3, -0.25) is 4.98 Å². The molecule has 2 atom stereocenters. The lowest BCUT2D eigenvalue weighted by molar-refractivity contribution is 0.122. The topological polar surface area (TPSA) is 45.6 Å². The van der Waals surface area contributed by atoms with Gasteiger partial charge in [0.05, 0.1) is 41.7 Å². The molecule has 1 N–H and O–H groups in total. The van der Waals surface area contributed by atoms with Gasteiger partial charge in [-0.15, -0.1) is 0 Å². The average Bonchev–Trinajstić information content (AvgIpc) is 3.45. The third-order valence-electron chi connectivity index (χ3n) is 7.54. The first kappa shape index (κ1) is 26.1. The fourth-order valence-electron chi connectivity index (χ4n) is 5.71. The fourth-order valence-corrected chi connectivity index (χ4v) is 6.55. The summed E-state index contributed by atoms with van der Waals surface area (Å²) >= 11 is 18.8. The number of rotatable bonds is 5. The van der Waals surface area contributed by atoms with Crippen LogP contribution in [0.2, 0.25) is 10.0 Å². The Kier molecular flexibility index (Phi) is 7.25. The average molecular weight is 579 g/mol. The summed E-state index contributed by atoms with van der Waals surface area (Å²) in [5, 5.41) is 5.46. The van der Waals surface area contributed by atoms with Crippen molar-refractivity contribution < 1.29 is 4.74 Å². The second-order valence-electron chi connectivity index (χ2n) is 9.87. The van der Waals surface area contributed by atoms with Crippen molar-refractivity contribution in [3.63, 3.8) is 0 Å². The number of pyridine rings is 1. The minimum atomic E-state index is -0.132. The fraction of sp³-hybridized carbons (Fsp3) is 0.267. The monoisotopic (exact) mass is 577 g/mol. The summed E-state index contributed by atoms with van der Waals surface area (Å²) in [5.41, 5.74) is 7.36. The van der Waals surface area contributed by atoms with Crippen molar-refractivity contribution in [2.75, 3.05) is 36.1 Å². The van der Waals surface area contributed by atoms with Crippen LogP contribution in [-0.2, 0) is 4.74 Å². The lowest BCUT2D eigenvalue weighted by Crippen LogP contribution is -2.36. The number of thiocarbonyl (C=S) groups is 1. The minimum Gasteiger partial charge on any atom is -0.378 e. The van der Waals surface area contributed by atoms with Gasteiger partial charge in [0.1, 0.15) is 0 Å². The molecule has 2 aliphatic rings. The molecule has 2 aliphatic heterocycles. The van der Waals surface area contributed by atoms with Crippen LogP contribution in [0.4, 0.5) is 11.4 Å². The number of benzene rings is 2. The zero-order valence-corrected chi connectivity index (χ0v) is 24.1. The second kappa shape index (κ2) is 10.8. The van der Waals surface area contributed by atoms with Crippen LogP contribution in [0.1, 0.15) is 34.7 Å². The van der Waals surface area contributed by atoms with Crippen molar-refractivity contribution in [3.05, 3.63) is 106 Å². The lowest BCUT2D eigenvalue weighted by Gasteiger charge is -2.31. The summed E-state index contributed by atoms with van der Waals surface area (Å²) < 4.78 is 7.71. The van der Waals surface area contributed by atoms with Crippen molar-refractivity contribution in [1.29, 1.82) is 0 Å². The van der Waals surface area contributed by atoms with Crippen LogP contribution >= 0.6 is 35.4 Å². The van der Waals surface area contributed by atoms with E-state index in [2.05, 4.69) is 63.9 Å². The van der Waals surface area contributed by atoms with E-state index < -0.39 is 0 Å². The Bertz CT molecular complexity index is 1500. The maximum absolute atomic E-state index is 6.66. The van der Waals surface area contributed by atoms with Crippen molar-refractivity contribution in [1.82, 2.24) is 14.9 Å². The van der Waals surface area contributed by atoms with Gasteiger partial charge in [0.15, 0.2) is 5.11 Å². The van der Waals surface area contributed by atoms with Gasteiger partial charge in [-0.05, 0) is 92.3 Å². The normalized spacial score (nSPS) is 19.4. The number of morpholine rings is 1. The van der Waals surface area contributed by atoms with Gasteiger partial charge in [0.2, 0.25) is 0 Å². The van der Waals surface area contributed by atoms with E-state index in [4.69, 9.17) is 45.1 Å². The molecule has 0 bridgehead atoms. The van der Waals surface area contributed by atoms with Crippen LogP contribution in [0, 0.1) is 13.8 Å². The van der Waals surface area contributed by atoms with Gasteiger partial charge in [-0.2, -0.15) is 0 Å². The predicted molar refractivity (Wildman–Crippen MR) is 163 cm³/mol. The Hall–Kier alpha value is -3.10. The van der Waals surface area contributed by atoms with Crippen LogP contribution in [0.15, 0.2) is 72.9 Å². The molecule has 0 aliphatic carbocycles. The Morgan fingerprint density at radius 3 is 2.38 bits per heavy atom. The maximum atomic E-state index is 6.66. The molecule has 2 aromatic heterocycles. The zero-order valence-electron chi connectivity index (χ0n) is 21.8. The summed E-state index contributed by atoms with van der Waals surface area (Å²) in [6.07, 6.45) is 1.83. The highest BCUT2D eigenvalue weighted by Gasteiger charge is 2.42. The second-order valence-corrected chi connectivity index (χ2v) is 11.1. The maximum Gasteiger partial charge on any atom is 0.174 e. The highest BCUT2D eigenvalue weighted by atomic mass is 35.5. The van der Waals surface area contributed by atoms with E-state index in [9.17, 15) is 0 Å². The van der Waals surface area contributed by atoms with Gasteiger partial charge in [-0.25, -0.2) is 0 Å². The van der Waals surface area contributed by atoms with Crippen molar-refractivity contribution in [2.24, 2.45) is 0 Å². The van der Waals surface area contributed by atoms with Gasteiger partial charge in [0, 0.05) is 47.1 Å². The molecule has 200 valence electrons. The quantitative estimate of drug-likeness (QED) is 0.263. The first-order valence-corrected chi connectivity index (χ1v) is 14.2. The van der Waals surface area contributed by atoms with E-state index in [0.29, 0.717) is 15.2 Å². The highest BCUT2D eigenvalue weighted by Crippen LogP contribution is 2.44. The summed E-state index contributed by atoms with van der Waals surface area (Å²) in [7, 11) is 0. The molecular formula is C30H29Cl2N5OS. The van der Waals surface area contributed by atoms with Crippen LogP contribution < -0.4 is 15.1 Å². The lowest BCUT2D eigenvalue weighted by atomic mass is 9.96. The molecule has 4 aromatic rings. The molecule has 0 amide bonds. The molecule has 2 aromatic carbocycles. The molecule has 0 spiro atoms. The number of anilines is 2. The third-order valence-corrected chi connectivity index (χ3v) is 8.39. The van der Waals surface area contributed by atoms with Crippen LogP contribution in [0.5, 0.6) is 0 Å². The van der Waals surface area contributed by atoms with Gasteiger partial charge >= 0.3 is 0 Å². The number of nitrogens with zero attached hydrogens (tertiary/aromatic N) is 4. The Labute approximate surface area is 244 Å². The molecular weight excluding hydrogens is 549 g/mol. The van der Waals surface area contributed by atoms with Gasteiger partial charge in [-0.1, -0.05) is 29.3 Å². The zero-order chi connectivity index (χ0) is 27.1. The first-order valence-electron chi connectivity index (χ1n) is 13.0. The van der Waals surface area contributed by atoms with E-state index in [0.717, 1.165) is 60.3 Å². The predicted octanol–water partition coefficient (Wildman–Crippen LogP) is 6.81. The molecule has 6 rings (SSSR count). The molecule has 0 saturated carbocycles. The molecule has 9 heteroatoms. The standard InChI is InChI=1S/C30H29Cl2N5OS/c1-19-17-24(20(2)36(19)27-11-6-21(31)18-25(27)32)29-28(26-5-3-4-12-33-26)34-30(39)37(29)23-9-7-22(8-10-23)35-13-15-38-16-14-35/h3-12,17-18,28-29H,13-16H2,1-2H3,(H,34,39)/t28-,29+/m0/s1. The van der Waals surface area contributed by atoms with E-state index in [-0.39, 0.29) is 12.1 Å². The van der Waals surface area contributed by atoms with E-state index in [1.54, 1.807) is 6.07 Å². The van der Waals surface area contributed by atoms with Crippen LogP contribution in [0.3, 0.4) is 0 Å². The number of ether oxygens (including phenoxy) is 1. The molecule has 0 unspecified atom stereocenters. The summed E-state index contributed by atoms with van der Waals surface area (Å²) in [4.78, 5) is 9.27. The summed E-state index contributed by atoms with van der Waals surface area (Å²) in [5.74, 6) is 0. The number of nitrogens with one attached hydrogen (secondary N) is 1. The van der Waals surface area contributed by atoms with E-state index in [1.807, 2.05) is 36.5 Å². The minimum absolute atomic E-state index is 0.118. The third kappa shape index (κ3) is 4.89. The molecule has 2 fully saturated rings. The number of halogens is 2. The summed E-state index contributed by atoms with van der Waals surface area (Å²) in [6.45, 7) is 7.52. The SMILES string of the molecule is Cc1cc([C@@H]2[C@H](c3ccccn3)NC(=S)N2c2ccc(N3CCOCC3)cc2)c(C)n1-c1ccc(Cl)cc1Cl. The van der Waals surface area contributed by atoms with Crippen molar-refractivity contribution in [3.8, 4) is 5.69 Å². The van der Waals surface area contributed by atoms with Gasteiger partial charge in [0.25, 0.3) is 0 Å². The molecule has 0 radical (unpaired) electrons. The Morgan fingerprint density at radius 2 is 1.69 bits per heavy atom. The number of hydrogen-bond acceptors (Lipinski definition) is 4. The molecule has 4 heterocycles. The summed E-state index contributed by atoms with van der Waals surface area (Å²) in [6, 6.07) is 22.2. The number of aromatic nitrogens is 2. The van der Waals surface area contributed by atoms with Gasteiger partial charge < -0.3 is 24.4 Å². The smallest absolute Gasteiger partial charge is 0.174 e. The van der Waals surface area contributed by atoms with E-state index in [1.165, 1.54) is 5.69 Å². The molecule has 2 saturated heterocycles. The Morgan fingerprint density at radius 1 is 0.949 bits per heavy atom. The van der Waals surface area contributed by atoms with Crippen LogP contribution in [0.25, 0.3) is 5.69 Å². The molecule has 39 heavy (non-hydrogen) atoms. The number of aryl methyl sites for hydroxylation is 1.